The normalized spacial score (nSPS) is 18.2. The summed E-state index contributed by atoms with van der Waals surface area (Å²) in [6.45, 7) is 0. The van der Waals surface area contributed by atoms with E-state index in [1.54, 1.807) is 6.07 Å². The fourth-order valence-electron chi connectivity index (χ4n) is 1.70. The van der Waals surface area contributed by atoms with Gasteiger partial charge in [0.15, 0.2) is 0 Å². The molecule has 1 fully saturated rings. The lowest BCUT2D eigenvalue weighted by atomic mass is 9.98. The van der Waals surface area contributed by atoms with Crippen molar-refractivity contribution in [2.45, 2.75) is 32.1 Å². The molecule has 0 aliphatic heterocycles. The molecule has 0 saturated heterocycles. The van der Waals surface area contributed by atoms with Gasteiger partial charge in [0, 0.05) is 5.71 Å². The molecule has 0 unspecified atom stereocenters. The first kappa shape index (κ1) is 7.31. The minimum absolute atomic E-state index is 0.533. The molecule has 1 aliphatic rings. The minimum Gasteiger partial charge on any atom is -0.258 e. The zero-order valence-electron chi connectivity index (χ0n) is 8.79. The van der Waals surface area contributed by atoms with Crippen molar-refractivity contribution in [1.82, 2.24) is 0 Å². The van der Waals surface area contributed by atoms with E-state index in [0.717, 1.165) is 18.5 Å². The monoisotopic (exact) mass is 175 g/mol. The highest BCUT2D eigenvalue weighted by atomic mass is 14.7. The standard InChI is InChI=1S/C12H15N/c1-3-7-11(8-4-1)13-12-9-5-2-6-10-12/h1,3-4,7-8H,2,5-6,9-10H2/i7T. The van der Waals surface area contributed by atoms with Gasteiger partial charge in [0.2, 0.25) is 0 Å². The third kappa shape index (κ3) is 2.41. The summed E-state index contributed by atoms with van der Waals surface area (Å²) in [4.78, 5) is 4.55. The Kier molecular flexibility index (Phi) is 2.37. The number of hydrogen-bond donors (Lipinski definition) is 0. The molecule has 0 aromatic heterocycles. The number of para-hydroxylation sites is 1. The third-order valence-corrected chi connectivity index (χ3v) is 2.40. The Morgan fingerprint density at radius 3 is 2.69 bits per heavy atom. The highest BCUT2D eigenvalue weighted by Crippen LogP contribution is 2.19. The van der Waals surface area contributed by atoms with Gasteiger partial charge in [-0.25, -0.2) is 0 Å². The maximum absolute atomic E-state index is 7.68. The molecule has 0 amide bonds. The second-order valence-electron chi connectivity index (χ2n) is 3.49. The van der Waals surface area contributed by atoms with Crippen LogP contribution in [0, 0.1) is 0 Å². The average Bonchev–Trinajstić information content (AvgIpc) is 2.23. The van der Waals surface area contributed by atoms with Crippen LogP contribution >= 0.6 is 0 Å². The average molecular weight is 175 g/mol. The first-order chi connectivity index (χ1) is 6.86. The van der Waals surface area contributed by atoms with Crippen molar-refractivity contribution in [3.05, 3.63) is 30.3 Å². The molecule has 0 N–H and O–H groups in total. The molecule has 0 heterocycles. The van der Waals surface area contributed by atoms with E-state index in [1.807, 2.05) is 18.2 Å². The quantitative estimate of drug-likeness (QED) is 0.616. The van der Waals surface area contributed by atoms with Crippen LogP contribution in [0.2, 0.25) is 0 Å². The molecule has 68 valence electrons. The maximum atomic E-state index is 7.68. The second-order valence-corrected chi connectivity index (χ2v) is 3.49. The van der Waals surface area contributed by atoms with Crippen LogP contribution < -0.4 is 0 Å². The summed E-state index contributed by atoms with van der Waals surface area (Å²) in [6.07, 6.45) is 6.10. The molecule has 0 radical (unpaired) electrons. The smallest absolute Gasteiger partial charge is 0.0645 e. The molecule has 1 aliphatic carbocycles. The van der Waals surface area contributed by atoms with Crippen LogP contribution in [0.3, 0.4) is 0 Å². The lowest BCUT2D eigenvalue weighted by Crippen LogP contribution is -2.03. The first-order valence-electron chi connectivity index (χ1n) is 5.48. The van der Waals surface area contributed by atoms with Gasteiger partial charge in [-0.3, -0.25) is 4.99 Å². The van der Waals surface area contributed by atoms with Crippen molar-refractivity contribution in [2.75, 3.05) is 0 Å². The molecule has 1 heteroatoms. The summed E-state index contributed by atoms with van der Waals surface area (Å²) in [7, 11) is 0. The molecule has 1 aromatic carbocycles. The molecular weight excluding hydrogens is 158 g/mol. The van der Waals surface area contributed by atoms with Crippen LogP contribution in [0.15, 0.2) is 35.3 Å². The van der Waals surface area contributed by atoms with E-state index < -0.39 is 0 Å². The van der Waals surface area contributed by atoms with Crippen LogP contribution in [-0.2, 0) is 0 Å². The van der Waals surface area contributed by atoms with Crippen molar-refractivity contribution in [3.63, 3.8) is 0 Å². The predicted octanol–water partition coefficient (Wildman–Crippen LogP) is 3.72. The topological polar surface area (TPSA) is 12.4 Å². The second kappa shape index (κ2) is 4.22. The Bertz CT molecular complexity index is 336. The number of hydrogen-bond acceptors (Lipinski definition) is 1. The van der Waals surface area contributed by atoms with E-state index in [4.69, 9.17) is 1.37 Å². The fourth-order valence-corrected chi connectivity index (χ4v) is 1.70. The predicted molar refractivity (Wildman–Crippen MR) is 56.6 cm³/mol. The van der Waals surface area contributed by atoms with Crippen LogP contribution in [0.4, 0.5) is 5.69 Å². The van der Waals surface area contributed by atoms with Crippen LogP contribution in [-0.4, -0.2) is 5.71 Å². The van der Waals surface area contributed by atoms with Crippen LogP contribution in [0.5, 0.6) is 0 Å². The van der Waals surface area contributed by atoms with Crippen molar-refractivity contribution >= 4 is 11.4 Å². The van der Waals surface area contributed by atoms with E-state index in [1.165, 1.54) is 25.0 Å². The van der Waals surface area contributed by atoms with Crippen molar-refractivity contribution in [3.8, 4) is 0 Å². The minimum atomic E-state index is 0.533. The number of benzene rings is 1. The zero-order valence-corrected chi connectivity index (χ0v) is 7.79. The van der Waals surface area contributed by atoms with Gasteiger partial charge in [-0.2, -0.15) is 0 Å². The summed E-state index contributed by atoms with van der Waals surface area (Å²) >= 11 is 0. The Balaban J connectivity index is 2.19. The van der Waals surface area contributed by atoms with Gasteiger partial charge in [-0.05, 0) is 37.8 Å². The highest BCUT2D eigenvalue weighted by molar-refractivity contribution is 5.87. The first-order valence-corrected chi connectivity index (χ1v) is 4.98. The SMILES string of the molecule is [3H]c1ccccc1N=C1CCCCC1. The molecule has 0 atom stereocenters. The maximum Gasteiger partial charge on any atom is 0.0645 e. The Hall–Kier alpha value is -1.11. The lowest BCUT2D eigenvalue weighted by molar-refractivity contribution is 0.667. The van der Waals surface area contributed by atoms with Gasteiger partial charge >= 0.3 is 0 Å². The third-order valence-electron chi connectivity index (χ3n) is 2.40. The molecule has 0 spiro atoms. The molecule has 1 nitrogen and oxygen atoms in total. The van der Waals surface area contributed by atoms with Crippen molar-refractivity contribution in [2.24, 2.45) is 4.99 Å². The van der Waals surface area contributed by atoms with E-state index >= 15 is 0 Å². The van der Waals surface area contributed by atoms with Crippen molar-refractivity contribution < 1.29 is 1.37 Å². The van der Waals surface area contributed by atoms with E-state index in [2.05, 4.69) is 4.99 Å². The van der Waals surface area contributed by atoms with Crippen LogP contribution in [0.1, 0.15) is 33.5 Å². The van der Waals surface area contributed by atoms with Gasteiger partial charge in [0.05, 0.1) is 7.06 Å². The number of aliphatic imine (C=N–C) groups is 1. The zero-order chi connectivity index (χ0) is 9.80. The summed E-state index contributed by atoms with van der Waals surface area (Å²) < 4.78 is 7.68. The summed E-state index contributed by atoms with van der Waals surface area (Å²) in [6, 6.07) is 8.07. The lowest BCUT2D eigenvalue weighted by Gasteiger charge is -2.11. The summed E-state index contributed by atoms with van der Waals surface area (Å²) in [5.74, 6) is 0. The van der Waals surface area contributed by atoms with Gasteiger partial charge < -0.3 is 0 Å². The van der Waals surface area contributed by atoms with E-state index in [-0.39, 0.29) is 0 Å². The molecule has 1 aromatic rings. The molecule has 13 heavy (non-hydrogen) atoms. The molecule has 0 bridgehead atoms. The van der Waals surface area contributed by atoms with Gasteiger partial charge in [0.1, 0.15) is 0 Å². The van der Waals surface area contributed by atoms with Gasteiger partial charge in [0.25, 0.3) is 0 Å². The largest absolute Gasteiger partial charge is 0.258 e. The highest BCUT2D eigenvalue weighted by Gasteiger charge is 2.05. The Morgan fingerprint density at radius 2 is 1.92 bits per heavy atom. The number of rotatable bonds is 1. The number of nitrogens with zero attached hydrogens (tertiary/aromatic N) is 1. The summed E-state index contributed by atoms with van der Waals surface area (Å²) in [5, 5.41) is 0. The van der Waals surface area contributed by atoms with Gasteiger partial charge in [-0.1, -0.05) is 24.6 Å². The molecule has 2 rings (SSSR count). The fraction of sp³-hybridized carbons (Fsp3) is 0.417. The Morgan fingerprint density at radius 1 is 1.08 bits per heavy atom. The van der Waals surface area contributed by atoms with E-state index in [9.17, 15) is 0 Å². The summed E-state index contributed by atoms with van der Waals surface area (Å²) in [5.41, 5.74) is 2.10. The Labute approximate surface area is 80.9 Å². The van der Waals surface area contributed by atoms with Crippen molar-refractivity contribution in [1.29, 1.82) is 0 Å². The van der Waals surface area contributed by atoms with E-state index in [0.29, 0.717) is 6.04 Å². The molecule has 1 saturated carbocycles. The molecular formula is C12H15N. The van der Waals surface area contributed by atoms with Gasteiger partial charge in [-0.15, -0.1) is 0 Å². The van der Waals surface area contributed by atoms with Crippen LogP contribution in [0.25, 0.3) is 0 Å².